The molecule has 0 aliphatic rings. The molecule has 21 heavy (non-hydrogen) atoms. The lowest BCUT2D eigenvalue weighted by molar-refractivity contribution is 0.104. The maximum atomic E-state index is 12.3. The van der Waals surface area contributed by atoms with Crippen molar-refractivity contribution in [3.8, 4) is 11.5 Å². The first-order valence-corrected chi connectivity index (χ1v) is 6.72. The Morgan fingerprint density at radius 1 is 1.10 bits per heavy atom. The highest BCUT2D eigenvalue weighted by molar-refractivity contribution is 6.32. The number of allylic oxidation sites excluding steroid dienone is 1. The molecule has 0 N–H and O–H groups in total. The molecule has 0 aromatic heterocycles. The van der Waals surface area contributed by atoms with Gasteiger partial charge in [-0.3, -0.25) is 4.79 Å². The van der Waals surface area contributed by atoms with Gasteiger partial charge in [0.05, 0.1) is 19.8 Å². The zero-order valence-corrected chi connectivity index (χ0v) is 12.6. The first-order chi connectivity index (χ1) is 10.2. The zero-order valence-electron chi connectivity index (χ0n) is 11.8. The Labute approximate surface area is 128 Å². The zero-order chi connectivity index (χ0) is 15.2. The number of hydrogen-bond acceptors (Lipinski definition) is 3. The predicted octanol–water partition coefficient (Wildman–Crippen LogP) is 4.25. The van der Waals surface area contributed by atoms with Crippen LogP contribution >= 0.6 is 11.6 Å². The van der Waals surface area contributed by atoms with E-state index < -0.39 is 0 Å². The number of carbonyl (C=O) groups is 1. The molecule has 4 heteroatoms. The van der Waals surface area contributed by atoms with Crippen LogP contribution in [0.2, 0.25) is 5.02 Å². The maximum Gasteiger partial charge on any atom is 0.189 e. The third-order valence-corrected chi connectivity index (χ3v) is 3.34. The van der Waals surface area contributed by atoms with Crippen molar-refractivity contribution >= 4 is 23.5 Å². The van der Waals surface area contributed by atoms with E-state index in [1.807, 2.05) is 18.2 Å². The third-order valence-electron chi connectivity index (χ3n) is 2.99. The minimum Gasteiger partial charge on any atom is -0.497 e. The van der Waals surface area contributed by atoms with Crippen LogP contribution in [0.25, 0.3) is 6.08 Å². The SMILES string of the molecule is COc1ccc(C(=O)C=Cc2ccccc2Cl)c(OC)c1. The molecule has 0 aliphatic heterocycles. The molecule has 0 unspecified atom stereocenters. The Hall–Kier alpha value is -2.26. The van der Waals surface area contributed by atoms with E-state index in [0.29, 0.717) is 22.1 Å². The summed E-state index contributed by atoms with van der Waals surface area (Å²) < 4.78 is 10.3. The van der Waals surface area contributed by atoms with Crippen LogP contribution in [-0.4, -0.2) is 20.0 Å². The van der Waals surface area contributed by atoms with Gasteiger partial charge in [-0.15, -0.1) is 0 Å². The maximum absolute atomic E-state index is 12.3. The summed E-state index contributed by atoms with van der Waals surface area (Å²) in [5, 5.41) is 0.600. The van der Waals surface area contributed by atoms with Crippen molar-refractivity contribution in [3.63, 3.8) is 0 Å². The van der Waals surface area contributed by atoms with Gasteiger partial charge in [-0.2, -0.15) is 0 Å². The van der Waals surface area contributed by atoms with E-state index in [1.165, 1.54) is 13.2 Å². The largest absolute Gasteiger partial charge is 0.497 e. The topological polar surface area (TPSA) is 35.5 Å². The molecular formula is C17H15ClO3. The van der Waals surface area contributed by atoms with Crippen molar-refractivity contribution < 1.29 is 14.3 Å². The highest BCUT2D eigenvalue weighted by Crippen LogP contribution is 2.25. The minimum absolute atomic E-state index is 0.158. The molecule has 0 atom stereocenters. The van der Waals surface area contributed by atoms with E-state index in [4.69, 9.17) is 21.1 Å². The second-order valence-corrected chi connectivity index (χ2v) is 4.69. The van der Waals surface area contributed by atoms with Gasteiger partial charge in [-0.25, -0.2) is 0 Å². The lowest BCUT2D eigenvalue weighted by Gasteiger charge is -2.08. The van der Waals surface area contributed by atoms with E-state index in [2.05, 4.69) is 0 Å². The molecule has 0 bridgehead atoms. The summed E-state index contributed by atoms with van der Waals surface area (Å²) in [5.74, 6) is 0.955. The first-order valence-electron chi connectivity index (χ1n) is 6.34. The molecule has 2 aromatic carbocycles. The van der Waals surface area contributed by atoms with Gasteiger partial charge >= 0.3 is 0 Å². The molecule has 0 radical (unpaired) electrons. The number of ketones is 1. The Morgan fingerprint density at radius 3 is 2.52 bits per heavy atom. The fourth-order valence-corrected chi connectivity index (χ4v) is 2.07. The molecule has 0 fully saturated rings. The molecule has 2 rings (SSSR count). The Morgan fingerprint density at radius 2 is 1.86 bits per heavy atom. The summed E-state index contributed by atoms with van der Waals surface area (Å²) in [4.78, 5) is 12.3. The fourth-order valence-electron chi connectivity index (χ4n) is 1.87. The predicted molar refractivity (Wildman–Crippen MR) is 84.4 cm³/mol. The van der Waals surface area contributed by atoms with Crippen LogP contribution < -0.4 is 9.47 Å². The monoisotopic (exact) mass is 302 g/mol. The normalized spacial score (nSPS) is 10.6. The molecule has 0 heterocycles. The lowest BCUT2D eigenvalue weighted by Crippen LogP contribution is -1.99. The highest BCUT2D eigenvalue weighted by atomic mass is 35.5. The van der Waals surface area contributed by atoms with Gasteiger partial charge in [-0.05, 0) is 35.9 Å². The number of methoxy groups -OCH3 is 2. The van der Waals surface area contributed by atoms with Crippen LogP contribution in [0.5, 0.6) is 11.5 Å². The number of benzene rings is 2. The highest BCUT2D eigenvalue weighted by Gasteiger charge is 2.10. The fraction of sp³-hybridized carbons (Fsp3) is 0.118. The average molecular weight is 303 g/mol. The van der Waals surface area contributed by atoms with Crippen LogP contribution in [-0.2, 0) is 0 Å². The van der Waals surface area contributed by atoms with E-state index in [1.54, 1.807) is 37.5 Å². The van der Waals surface area contributed by atoms with Gasteiger partial charge in [-0.1, -0.05) is 29.8 Å². The van der Waals surface area contributed by atoms with Crippen molar-refractivity contribution in [2.45, 2.75) is 0 Å². The average Bonchev–Trinajstić information content (AvgIpc) is 2.53. The van der Waals surface area contributed by atoms with Crippen LogP contribution in [0.4, 0.5) is 0 Å². The van der Waals surface area contributed by atoms with Gasteiger partial charge < -0.3 is 9.47 Å². The van der Waals surface area contributed by atoms with Crippen LogP contribution in [0, 0.1) is 0 Å². The van der Waals surface area contributed by atoms with Crippen LogP contribution in [0.3, 0.4) is 0 Å². The van der Waals surface area contributed by atoms with Crippen molar-refractivity contribution in [1.29, 1.82) is 0 Å². The lowest BCUT2D eigenvalue weighted by atomic mass is 10.1. The van der Waals surface area contributed by atoms with Crippen LogP contribution in [0.15, 0.2) is 48.5 Å². The van der Waals surface area contributed by atoms with E-state index >= 15 is 0 Å². The molecule has 0 saturated carbocycles. The quantitative estimate of drug-likeness (QED) is 0.612. The molecule has 3 nitrogen and oxygen atoms in total. The minimum atomic E-state index is -0.158. The van der Waals surface area contributed by atoms with Crippen molar-refractivity contribution in [2.24, 2.45) is 0 Å². The summed E-state index contributed by atoms with van der Waals surface area (Å²) >= 11 is 6.05. The van der Waals surface area contributed by atoms with E-state index in [9.17, 15) is 4.79 Å². The summed E-state index contributed by atoms with van der Waals surface area (Å²) in [6.07, 6.45) is 3.17. The van der Waals surface area contributed by atoms with Crippen molar-refractivity contribution in [2.75, 3.05) is 14.2 Å². The summed E-state index contributed by atoms with van der Waals surface area (Å²) in [7, 11) is 3.08. The number of halogens is 1. The van der Waals surface area contributed by atoms with Gasteiger partial charge in [0.2, 0.25) is 0 Å². The Bertz CT molecular complexity index is 677. The summed E-state index contributed by atoms with van der Waals surface area (Å²) in [5.41, 5.74) is 1.27. The van der Waals surface area contributed by atoms with Crippen molar-refractivity contribution in [1.82, 2.24) is 0 Å². The van der Waals surface area contributed by atoms with Gasteiger partial charge in [0.1, 0.15) is 11.5 Å². The standard InChI is InChI=1S/C17H15ClO3/c1-20-13-8-9-14(17(11-13)21-2)16(19)10-7-12-5-3-4-6-15(12)18/h3-11H,1-2H3. The number of rotatable bonds is 5. The molecule has 0 saturated heterocycles. The van der Waals surface area contributed by atoms with Crippen LogP contribution in [0.1, 0.15) is 15.9 Å². The molecule has 0 spiro atoms. The smallest absolute Gasteiger partial charge is 0.189 e. The second kappa shape index (κ2) is 6.95. The molecule has 2 aromatic rings. The van der Waals surface area contributed by atoms with E-state index in [-0.39, 0.29) is 5.78 Å². The summed E-state index contributed by atoms with van der Waals surface area (Å²) in [6, 6.07) is 12.4. The molecule has 0 aliphatic carbocycles. The van der Waals surface area contributed by atoms with Gasteiger partial charge in [0, 0.05) is 11.1 Å². The first kappa shape index (κ1) is 15.1. The van der Waals surface area contributed by atoms with Crippen molar-refractivity contribution in [3.05, 3.63) is 64.7 Å². The van der Waals surface area contributed by atoms with Gasteiger partial charge in [0.25, 0.3) is 0 Å². The molecule has 108 valence electrons. The van der Waals surface area contributed by atoms with E-state index in [0.717, 1.165) is 5.56 Å². The number of hydrogen-bond donors (Lipinski definition) is 0. The summed E-state index contributed by atoms with van der Waals surface area (Å²) in [6.45, 7) is 0. The van der Waals surface area contributed by atoms with Gasteiger partial charge in [0.15, 0.2) is 5.78 Å². The second-order valence-electron chi connectivity index (χ2n) is 4.29. The Kier molecular flexibility index (Phi) is 5.01. The number of ether oxygens (including phenoxy) is 2. The Balaban J connectivity index is 2.26. The number of carbonyl (C=O) groups excluding carboxylic acids is 1. The molecular weight excluding hydrogens is 288 g/mol. The molecule has 0 amide bonds. The third kappa shape index (κ3) is 3.64.